The number of aromatic nitrogens is 2. The van der Waals surface area contributed by atoms with E-state index in [0.717, 1.165) is 67.2 Å². The Kier molecular flexibility index (Phi) is 11.8. The molecule has 40 heavy (non-hydrogen) atoms. The molecule has 8 nitrogen and oxygen atoms in total. The number of rotatable bonds is 9. The van der Waals surface area contributed by atoms with Crippen LogP contribution < -0.4 is 16.5 Å². The Morgan fingerprint density at radius 2 is 1.77 bits per heavy atom. The normalized spacial score (nSPS) is 18.1. The lowest BCUT2D eigenvalue weighted by Gasteiger charge is -2.37. The molecule has 0 radical (unpaired) electrons. The third-order valence-electron chi connectivity index (χ3n) is 8.37. The van der Waals surface area contributed by atoms with Gasteiger partial charge in [-0.05, 0) is 48.9 Å². The zero-order valence-corrected chi connectivity index (χ0v) is 25.0. The van der Waals surface area contributed by atoms with Crippen LogP contribution in [0.1, 0.15) is 72.3 Å². The van der Waals surface area contributed by atoms with E-state index < -0.39 is 0 Å². The van der Waals surface area contributed by atoms with Gasteiger partial charge in [-0.3, -0.25) is 15.6 Å². The van der Waals surface area contributed by atoms with Crippen LogP contribution in [-0.4, -0.2) is 52.0 Å². The van der Waals surface area contributed by atoms with Crippen LogP contribution in [0.25, 0.3) is 11.0 Å². The summed E-state index contributed by atoms with van der Waals surface area (Å²) in [6, 6.07) is 14.0. The maximum Gasteiger partial charge on any atom is 0.265 e. The highest BCUT2D eigenvalue weighted by molar-refractivity contribution is 5.97. The lowest BCUT2D eigenvalue weighted by Crippen LogP contribution is -2.58. The Hall–Kier alpha value is -2.65. The van der Waals surface area contributed by atoms with Gasteiger partial charge < -0.3 is 15.6 Å². The Labute approximate surface area is 249 Å². The predicted molar refractivity (Wildman–Crippen MR) is 167 cm³/mol. The van der Waals surface area contributed by atoms with Crippen LogP contribution in [0.4, 0.5) is 0 Å². The van der Waals surface area contributed by atoms with E-state index in [1.165, 1.54) is 44.1 Å². The Balaban J connectivity index is 0.00000220. The molecule has 1 unspecified atom stereocenters. The smallest absolute Gasteiger partial charge is 0.265 e. The molecular formula is C30H43Cl2N7O. The zero-order valence-electron chi connectivity index (χ0n) is 23.3. The van der Waals surface area contributed by atoms with Crippen molar-refractivity contribution in [3.8, 4) is 0 Å². The number of carbonyl (C=O) groups is 1. The van der Waals surface area contributed by atoms with Crippen LogP contribution in [0.5, 0.6) is 0 Å². The number of nitrogens with two attached hydrogens (primary N) is 1. The van der Waals surface area contributed by atoms with Crippen LogP contribution in [0.15, 0.2) is 42.5 Å². The molecule has 5 N–H and O–H groups in total. The molecule has 0 bridgehead atoms. The lowest BCUT2D eigenvalue weighted by molar-refractivity contribution is 0.0576. The molecule has 5 rings (SSSR count). The summed E-state index contributed by atoms with van der Waals surface area (Å²) in [5, 5.41) is 13.2. The SMILES string of the molecule is Cl.Cl.Cn1c(CCc2ccc(C(=N)N)cc2)nc2cc(C(=O)NN3CCNCC3CCC3CCCCC3)ccc21. The minimum Gasteiger partial charge on any atom is -0.384 e. The van der Waals surface area contributed by atoms with E-state index in [2.05, 4.69) is 20.3 Å². The number of aryl methyl sites for hydroxylation is 3. The number of nitrogens with one attached hydrogen (secondary N) is 3. The zero-order chi connectivity index (χ0) is 26.5. The Morgan fingerprint density at radius 1 is 1.05 bits per heavy atom. The van der Waals surface area contributed by atoms with E-state index in [-0.39, 0.29) is 36.6 Å². The fourth-order valence-electron chi connectivity index (χ4n) is 5.99. The standard InChI is InChI=1S/C30H41N7O.2ClH/c1-36-27-15-13-24(19-26(27)34-28(36)16-10-22-7-11-23(12-8-22)29(31)32)30(38)35-37-18-17-33-20-25(37)14-9-21-5-3-2-4-6-21;;/h7-8,11-13,15,19,21,25,33H,2-6,9-10,14,16-18,20H2,1H3,(H3,31,32)(H,35,38);2*1H. The number of hydrogen-bond donors (Lipinski definition) is 4. The van der Waals surface area contributed by atoms with Crippen molar-refractivity contribution in [3.05, 3.63) is 65.0 Å². The molecule has 218 valence electrons. The van der Waals surface area contributed by atoms with E-state index in [1.54, 1.807) is 0 Å². The number of amides is 1. The molecule has 2 heterocycles. The molecule has 1 saturated heterocycles. The molecule has 0 spiro atoms. The van der Waals surface area contributed by atoms with Gasteiger partial charge in [0.15, 0.2) is 0 Å². The van der Waals surface area contributed by atoms with E-state index in [9.17, 15) is 4.79 Å². The predicted octanol–water partition coefficient (Wildman–Crippen LogP) is 4.77. The van der Waals surface area contributed by atoms with Gasteiger partial charge in [0.25, 0.3) is 5.91 Å². The number of halogens is 2. The van der Waals surface area contributed by atoms with E-state index in [1.807, 2.05) is 49.5 Å². The largest absolute Gasteiger partial charge is 0.384 e. The number of piperazine rings is 1. The first-order valence-corrected chi connectivity index (χ1v) is 14.1. The highest BCUT2D eigenvalue weighted by Crippen LogP contribution is 2.28. The molecule has 2 aromatic carbocycles. The van der Waals surface area contributed by atoms with Gasteiger partial charge in [-0.1, -0.05) is 56.4 Å². The maximum absolute atomic E-state index is 13.3. The molecule has 10 heteroatoms. The molecule has 1 aliphatic carbocycles. The molecule has 3 aromatic rings. The van der Waals surface area contributed by atoms with Crippen molar-refractivity contribution in [1.29, 1.82) is 5.41 Å². The second-order valence-corrected chi connectivity index (χ2v) is 11.0. The van der Waals surface area contributed by atoms with Gasteiger partial charge >= 0.3 is 0 Å². The van der Waals surface area contributed by atoms with Crippen molar-refractivity contribution in [1.82, 2.24) is 25.3 Å². The minimum absolute atomic E-state index is 0. The molecule has 1 saturated carbocycles. The van der Waals surface area contributed by atoms with Crippen molar-refractivity contribution in [2.75, 3.05) is 19.6 Å². The number of hydrogen-bond acceptors (Lipinski definition) is 5. The number of amidine groups is 1. The number of hydrazine groups is 1. The van der Waals surface area contributed by atoms with E-state index in [4.69, 9.17) is 16.1 Å². The van der Waals surface area contributed by atoms with Crippen molar-refractivity contribution in [3.63, 3.8) is 0 Å². The molecule has 1 aliphatic heterocycles. The summed E-state index contributed by atoms with van der Waals surface area (Å²) < 4.78 is 2.11. The van der Waals surface area contributed by atoms with Crippen LogP contribution in [0.2, 0.25) is 0 Å². The average Bonchev–Trinajstić information content (AvgIpc) is 3.26. The average molecular weight is 589 g/mol. The number of nitrogen functional groups attached to an aromatic ring is 1. The molecule has 1 amide bonds. The van der Waals surface area contributed by atoms with Gasteiger partial charge in [-0.15, -0.1) is 24.8 Å². The third-order valence-corrected chi connectivity index (χ3v) is 8.37. The fourth-order valence-corrected chi connectivity index (χ4v) is 5.99. The number of carbonyl (C=O) groups excluding carboxylic acids is 1. The quantitative estimate of drug-likeness (QED) is 0.213. The number of imidazole rings is 1. The van der Waals surface area contributed by atoms with Gasteiger partial charge in [0.2, 0.25) is 0 Å². The summed E-state index contributed by atoms with van der Waals surface area (Å²) in [6.45, 7) is 2.64. The molecule has 2 aliphatic rings. The summed E-state index contributed by atoms with van der Waals surface area (Å²) in [4.78, 5) is 18.1. The van der Waals surface area contributed by atoms with Crippen LogP contribution in [-0.2, 0) is 19.9 Å². The van der Waals surface area contributed by atoms with Crippen molar-refractivity contribution >= 4 is 47.6 Å². The molecule has 1 aromatic heterocycles. The minimum atomic E-state index is -0.0609. The monoisotopic (exact) mass is 587 g/mol. The fraction of sp³-hybridized carbons (Fsp3) is 0.500. The summed E-state index contributed by atoms with van der Waals surface area (Å²) in [5.74, 6) is 1.86. The lowest BCUT2D eigenvalue weighted by atomic mass is 9.85. The van der Waals surface area contributed by atoms with Crippen LogP contribution >= 0.6 is 24.8 Å². The highest BCUT2D eigenvalue weighted by Gasteiger charge is 2.26. The summed E-state index contributed by atoms with van der Waals surface area (Å²) in [5.41, 5.74) is 13.2. The summed E-state index contributed by atoms with van der Waals surface area (Å²) >= 11 is 0. The van der Waals surface area contributed by atoms with Crippen molar-refractivity contribution < 1.29 is 4.79 Å². The molecule has 2 fully saturated rings. The van der Waals surface area contributed by atoms with E-state index >= 15 is 0 Å². The number of benzene rings is 2. The first-order valence-electron chi connectivity index (χ1n) is 14.1. The Bertz CT molecular complexity index is 1270. The summed E-state index contributed by atoms with van der Waals surface area (Å²) in [7, 11) is 2.03. The highest BCUT2D eigenvalue weighted by atomic mass is 35.5. The Morgan fingerprint density at radius 3 is 2.50 bits per heavy atom. The first-order chi connectivity index (χ1) is 18.5. The van der Waals surface area contributed by atoms with E-state index in [0.29, 0.717) is 11.6 Å². The van der Waals surface area contributed by atoms with Gasteiger partial charge in [-0.25, -0.2) is 9.99 Å². The van der Waals surface area contributed by atoms with Gasteiger partial charge in [0.1, 0.15) is 11.7 Å². The number of nitrogens with zero attached hydrogens (tertiary/aromatic N) is 3. The van der Waals surface area contributed by atoms with Crippen LogP contribution in [0, 0.1) is 11.3 Å². The topological polar surface area (TPSA) is 112 Å². The summed E-state index contributed by atoms with van der Waals surface area (Å²) in [6.07, 6.45) is 10.9. The molecule has 1 atom stereocenters. The molecular weight excluding hydrogens is 545 g/mol. The van der Waals surface area contributed by atoms with Gasteiger partial charge in [0, 0.05) is 50.3 Å². The second-order valence-electron chi connectivity index (χ2n) is 11.0. The first kappa shape index (κ1) is 31.9. The van der Waals surface area contributed by atoms with Crippen LogP contribution in [0.3, 0.4) is 0 Å². The van der Waals surface area contributed by atoms with Crippen molar-refractivity contribution in [2.45, 2.75) is 63.8 Å². The maximum atomic E-state index is 13.3. The second kappa shape index (κ2) is 14.8. The van der Waals surface area contributed by atoms with Gasteiger partial charge in [0.05, 0.1) is 11.0 Å². The number of fused-ring (bicyclic) bond motifs is 1. The van der Waals surface area contributed by atoms with Crippen molar-refractivity contribution in [2.24, 2.45) is 18.7 Å². The third kappa shape index (κ3) is 7.75. The van der Waals surface area contributed by atoms with Gasteiger partial charge in [-0.2, -0.15) is 0 Å².